The van der Waals surface area contributed by atoms with Crippen LogP contribution >= 0.6 is 23.1 Å². The summed E-state index contributed by atoms with van der Waals surface area (Å²) in [5.74, 6) is 0.740. The molecule has 0 aliphatic rings. The van der Waals surface area contributed by atoms with Gasteiger partial charge in [-0.15, -0.1) is 23.1 Å². The summed E-state index contributed by atoms with van der Waals surface area (Å²) in [4.78, 5) is 29.1. The van der Waals surface area contributed by atoms with Gasteiger partial charge in [0.05, 0.1) is 21.2 Å². The lowest BCUT2D eigenvalue weighted by atomic mass is 10.2. The zero-order valence-corrected chi connectivity index (χ0v) is 18.5. The molecule has 2 N–H and O–H groups in total. The number of rotatable bonds is 7. The number of hydrogen-bond donors (Lipinski definition) is 2. The molecule has 2 aromatic carbocycles. The van der Waals surface area contributed by atoms with Crippen LogP contribution in [0.4, 0.5) is 11.5 Å². The van der Waals surface area contributed by atoms with Crippen LogP contribution < -0.4 is 10.6 Å². The first-order chi connectivity index (χ1) is 15.0. The lowest BCUT2D eigenvalue weighted by Gasteiger charge is -2.10. The van der Waals surface area contributed by atoms with Crippen molar-refractivity contribution in [2.45, 2.75) is 19.1 Å². The molecule has 2 amide bonds. The molecule has 0 radical (unpaired) electrons. The number of amides is 2. The van der Waals surface area contributed by atoms with E-state index >= 15 is 0 Å². The number of hydrogen-bond acceptors (Lipinski definition) is 7. The van der Waals surface area contributed by atoms with E-state index in [1.165, 1.54) is 11.8 Å². The fourth-order valence-electron chi connectivity index (χ4n) is 2.82. The Bertz CT molecular complexity index is 1180. The average molecular weight is 453 g/mol. The molecule has 0 fully saturated rings. The second-order valence-electron chi connectivity index (χ2n) is 6.88. The summed E-state index contributed by atoms with van der Waals surface area (Å²) in [5, 5.41) is 9.78. The van der Waals surface area contributed by atoms with E-state index in [0.29, 0.717) is 17.3 Å². The van der Waals surface area contributed by atoms with Gasteiger partial charge < -0.3 is 15.2 Å². The van der Waals surface area contributed by atoms with E-state index < -0.39 is 5.25 Å². The molecule has 0 saturated heterocycles. The standard InChI is InChI=1S/C22H20N4O3S2/c1-13-11-19(26-29-13)25-21(28)14(2)30-12-20(27)23-16-9-7-15(8-10-16)22-24-17-5-3-4-6-18(17)31-22/h3-11,14H,12H2,1-2H3,(H,23,27)(H,25,26,28). The van der Waals surface area contributed by atoms with Gasteiger partial charge >= 0.3 is 0 Å². The van der Waals surface area contributed by atoms with Crippen LogP contribution in [-0.4, -0.2) is 33.0 Å². The van der Waals surface area contributed by atoms with Gasteiger partial charge in [-0.05, 0) is 50.2 Å². The summed E-state index contributed by atoms with van der Waals surface area (Å²) in [6.45, 7) is 3.49. The van der Waals surface area contributed by atoms with Gasteiger partial charge in [0.15, 0.2) is 5.82 Å². The van der Waals surface area contributed by atoms with Crippen LogP contribution in [0.1, 0.15) is 12.7 Å². The van der Waals surface area contributed by atoms with Crippen LogP contribution in [0.2, 0.25) is 0 Å². The molecule has 4 rings (SSSR count). The van der Waals surface area contributed by atoms with Crippen molar-refractivity contribution in [3.63, 3.8) is 0 Å². The molecule has 7 nitrogen and oxygen atoms in total. The molecule has 9 heteroatoms. The fourth-order valence-corrected chi connectivity index (χ4v) is 4.47. The van der Waals surface area contributed by atoms with Crippen molar-refractivity contribution in [1.29, 1.82) is 0 Å². The lowest BCUT2D eigenvalue weighted by molar-refractivity contribution is -0.115. The summed E-state index contributed by atoms with van der Waals surface area (Å²) in [5.41, 5.74) is 2.68. The van der Waals surface area contributed by atoms with Crippen molar-refractivity contribution in [1.82, 2.24) is 10.1 Å². The Morgan fingerprint density at radius 3 is 2.61 bits per heavy atom. The molecule has 0 aliphatic heterocycles. The van der Waals surface area contributed by atoms with Gasteiger partial charge in [-0.3, -0.25) is 9.59 Å². The highest BCUT2D eigenvalue weighted by Gasteiger charge is 2.17. The summed E-state index contributed by atoms with van der Waals surface area (Å²) >= 11 is 2.89. The molecule has 1 unspecified atom stereocenters. The molecule has 31 heavy (non-hydrogen) atoms. The summed E-state index contributed by atoms with van der Waals surface area (Å²) < 4.78 is 6.06. The van der Waals surface area contributed by atoms with Crippen LogP contribution in [0.15, 0.2) is 59.1 Å². The van der Waals surface area contributed by atoms with E-state index in [1.807, 2.05) is 42.5 Å². The molecule has 0 aliphatic carbocycles. The molecule has 158 valence electrons. The minimum absolute atomic E-state index is 0.159. The summed E-state index contributed by atoms with van der Waals surface area (Å²) in [7, 11) is 0. The number of nitrogens with zero attached hydrogens (tertiary/aromatic N) is 2. The first kappa shape index (κ1) is 21.1. The third kappa shape index (κ3) is 5.31. The van der Waals surface area contributed by atoms with Gasteiger partial charge in [-0.1, -0.05) is 17.3 Å². The predicted molar refractivity (Wildman–Crippen MR) is 125 cm³/mol. The minimum Gasteiger partial charge on any atom is -0.360 e. The number of carbonyl (C=O) groups excluding carboxylic acids is 2. The van der Waals surface area contributed by atoms with Crippen molar-refractivity contribution in [2.75, 3.05) is 16.4 Å². The van der Waals surface area contributed by atoms with Crippen LogP contribution in [0.5, 0.6) is 0 Å². The van der Waals surface area contributed by atoms with Crippen molar-refractivity contribution in [3.05, 3.63) is 60.4 Å². The summed E-state index contributed by atoms with van der Waals surface area (Å²) in [6, 6.07) is 17.3. The predicted octanol–water partition coefficient (Wildman–Crippen LogP) is 4.96. The maximum atomic E-state index is 12.3. The number of carbonyl (C=O) groups is 2. The highest BCUT2D eigenvalue weighted by atomic mass is 32.2. The number of aryl methyl sites for hydroxylation is 1. The molecule has 2 heterocycles. The van der Waals surface area contributed by atoms with E-state index in [2.05, 4.69) is 26.8 Å². The van der Waals surface area contributed by atoms with Gasteiger partial charge in [-0.2, -0.15) is 0 Å². The number of anilines is 2. The largest absolute Gasteiger partial charge is 0.360 e. The van der Waals surface area contributed by atoms with Crippen molar-refractivity contribution < 1.29 is 14.1 Å². The van der Waals surface area contributed by atoms with Gasteiger partial charge in [0.25, 0.3) is 0 Å². The number of thioether (sulfide) groups is 1. The topological polar surface area (TPSA) is 97.1 Å². The number of fused-ring (bicyclic) bond motifs is 1. The number of benzene rings is 2. The van der Waals surface area contributed by atoms with E-state index in [1.54, 1.807) is 31.3 Å². The minimum atomic E-state index is -0.413. The third-order valence-corrected chi connectivity index (χ3v) is 6.65. The number of nitrogens with one attached hydrogen (secondary N) is 2. The first-order valence-electron chi connectivity index (χ1n) is 9.59. The Balaban J connectivity index is 1.28. The highest BCUT2D eigenvalue weighted by Crippen LogP contribution is 2.30. The van der Waals surface area contributed by atoms with Gasteiger partial charge in [0.2, 0.25) is 11.8 Å². The molecule has 0 spiro atoms. The first-order valence-corrected chi connectivity index (χ1v) is 11.5. The van der Waals surface area contributed by atoms with E-state index in [-0.39, 0.29) is 17.6 Å². The second kappa shape index (κ2) is 9.32. The molecular weight excluding hydrogens is 432 g/mol. The smallest absolute Gasteiger partial charge is 0.238 e. The number of aromatic nitrogens is 2. The molecule has 2 aromatic heterocycles. The van der Waals surface area contributed by atoms with Crippen molar-refractivity contribution in [2.24, 2.45) is 0 Å². The molecule has 0 bridgehead atoms. The monoisotopic (exact) mass is 452 g/mol. The van der Waals surface area contributed by atoms with Gasteiger partial charge in [-0.25, -0.2) is 4.98 Å². The molecule has 4 aromatic rings. The van der Waals surface area contributed by atoms with Crippen LogP contribution in [0, 0.1) is 6.92 Å². The van der Waals surface area contributed by atoms with Crippen molar-refractivity contribution in [3.8, 4) is 10.6 Å². The van der Waals surface area contributed by atoms with Gasteiger partial charge in [0, 0.05) is 17.3 Å². The Hall–Kier alpha value is -3.17. The van der Waals surface area contributed by atoms with E-state index in [0.717, 1.165) is 20.8 Å². The van der Waals surface area contributed by atoms with Crippen LogP contribution in [-0.2, 0) is 9.59 Å². The van der Waals surface area contributed by atoms with Crippen LogP contribution in [0.25, 0.3) is 20.8 Å². The second-order valence-corrected chi connectivity index (χ2v) is 9.24. The van der Waals surface area contributed by atoms with E-state index in [9.17, 15) is 9.59 Å². The normalized spacial score (nSPS) is 11.9. The van der Waals surface area contributed by atoms with Crippen molar-refractivity contribution >= 4 is 56.6 Å². The Labute approximate surface area is 187 Å². The maximum absolute atomic E-state index is 12.3. The molecule has 1 atom stereocenters. The molecular formula is C22H20N4O3S2. The van der Waals surface area contributed by atoms with Gasteiger partial charge in [0.1, 0.15) is 10.8 Å². The zero-order valence-electron chi connectivity index (χ0n) is 16.9. The Kier molecular flexibility index (Phi) is 6.34. The number of thiazole rings is 1. The molecule has 0 saturated carbocycles. The van der Waals surface area contributed by atoms with E-state index in [4.69, 9.17) is 4.52 Å². The fraction of sp³-hybridized carbons (Fsp3) is 0.182. The maximum Gasteiger partial charge on any atom is 0.238 e. The summed E-state index contributed by atoms with van der Waals surface area (Å²) in [6.07, 6.45) is 0. The Morgan fingerprint density at radius 2 is 1.90 bits per heavy atom. The highest BCUT2D eigenvalue weighted by molar-refractivity contribution is 8.01. The zero-order chi connectivity index (χ0) is 21.8. The lowest BCUT2D eigenvalue weighted by Crippen LogP contribution is -2.25. The third-order valence-electron chi connectivity index (χ3n) is 4.42. The quantitative estimate of drug-likeness (QED) is 0.411. The van der Waals surface area contributed by atoms with Crippen LogP contribution in [0.3, 0.4) is 0 Å². The Morgan fingerprint density at radius 1 is 1.13 bits per heavy atom. The average Bonchev–Trinajstić information content (AvgIpc) is 3.38. The number of para-hydroxylation sites is 1. The SMILES string of the molecule is Cc1cc(NC(=O)C(C)SCC(=O)Nc2ccc(-c3nc4ccccc4s3)cc2)no1.